The lowest BCUT2D eigenvalue weighted by Crippen LogP contribution is -2.26. The molecule has 0 amide bonds. The van der Waals surface area contributed by atoms with Crippen LogP contribution in [0.4, 0.5) is 0 Å². The van der Waals surface area contributed by atoms with Gasteiger partial charge in [0.05, 0.1) is 5.52 Å². The third kappa shape index (κ3) is 3.15. The molecule has 1 aliphatic rings. The minimum Gasteiger partial charge on any atom is -0.310 e. The van der Waals surface area contributed by atoms with Crippen LogP contribution in [-0.4, -0.2) is 22.5 Å². The molecule has 0 saturated heterocycles. The van der Waals surface area contributed by atoms with Gasteiger partial charge in [-0.05, 0) is 56.2 Å². The average molecular weight is 286 g/mol. The van der Waals surface area contributed by atoms with Crippen molar-refractivity contribution in [3.63, 3.8) is 0 Å². The third-order valence-corrected chi connectivity index (χ3v) is 5.30. The Morgan fingerprint density at radius 1 is 1.25 bits per heavy atom. The summed E-state index contributed by atoms with van der Waals surface area (Å²) in [7, 11) is 0. The molecule has 0 aliphatic heterocycles. The molecule has 0 radical (unpaired) electrons. The summed E-state index contributed by atoms with van der Waals surface area (Å²) in [5.74, 6) is 0. The Hall–Kier alpha value is -1.06. The topological polar surface area (TPSA) is 24.9 Å². The van der Waals surface area contributed by atoms with Crippen molar-refractivity contribution in [3.05, 3.63) is 41.6 Å². The maximum atomic E-state index is 4.55. The highest BCUT2D eigenvalue weighted by molar-refractivity contribution is 7.99. The van der Waals surface area contributed by atoms with E-state index in [1.807, 2.05) is 18.7 Å². The second-order valence-electron chi connectivity index (χ2n) is 5.73. The van der Waals surface area contributed by atoms with E-state index >= 15 is 0 Å². The van der Waals surface area contributed by atoms with E-state index in [1.165, 1.54) is 30.2 Å². The lowest BCUT2D eigenvalue weighted by molar-refractivity contribution is 0.525. The fraction of sp³-hybridized carbons (Fsp3) is 0.471. The predicted molar refractivity (Wildman–Crippen MR) is 88.3 cm³/mol. The van der Waals surface area contributed by atoms with Crippen LogP contribution in [0.3, 0.4) is 0 Å². The molecule has 1 aromatic heterocycles. The van der Waals surface area contributed by atoms with Crippen molar-refractivity contribution in [2.24, 2.45) is 0 Å². The highest BCUT2D eigenvalue weighted by atomic mass is 32.2. The van der Waals surface area contributed by atoms with Crippen LogP contribution in [0.1, 0.15) is 30.5 Å². The first-order chi connectivity index (χ1) is 9.74. The predicted octanol–water partition coefficient (Wildman–Crippen LogP) is 3.92. The maximum absolute atomic E-state index is 4.55. The van der Waals surface area contributed by atoms with Gasteiger partial charge in [-0.1, -0.05) is 12.1 Å². The van der Waals surface area contributed by atoms with E-state index in [-0.39, 0.29) is 0 Å². The summed E-state index contributed by atoms with van der Waals surface area (Å²) in [5, 5.41) is 5.80. The Bertz CT molecular complexity index is 597. The standard InChI is InChI=1S/C17H22N2S/c1-12-3-5-14-9-13(4-8-17(14)19-12)11-18-15-6-7-16(10-15)20-2/h3-5,8-9,15-16,18H,6-7,10-11H2,1-2H3. The normalized spacial score (nSPS) is 22.5. The highest BCUT2D eigenvalue weighted by Crippen LogP contribution is 2.28. The lowest BCUT2D eigenvalue weighted by Gasteiger charge is -2.13. The first-order valence-electron chi connectivity index (χ1n) is 7.37. The first-order valence-corrected chi connectivity index (χ1v) is 8.66. The van der Waals surface area contributed by atoms with Crippen molar-refractivity contribution >= 4 is 22.7 Å². The SMILES string of the molecule is CSC1CCC(NCc2ccc3nc(C)ccc3c2)C1. The molecule has 2 nitrogen and oxygen atoms in total. The van der Waals surface area contributed by atoms with Gasteiger partial charge in [0.2, 0.25) is 0 Å². The number of hydrogen-bond acceptors (Lipinski definition) is 3. The summed E-state index contributed by atoms with van der Waals surface area (Å²) >= 11 is 2.01. The van der Waals surface area contributed by atoms with Crippen LogP contribution in [0.5, 0.6) is 0 Å². The van der Waals surface area contributed by atoms with E-state index in [1.54, 1.807) is 0 Å². The Morgan fingerprint density at radius 3 is 2.95 bits per heavy atom. The largest absolute Gasteiger partial charge is 0.310 e. The van der Waals surface area contributed by atoms with Crippen molar-refractivity contribution in [3.8, 4) is 0 Å². The van der Waals surface area contributed by atoms with E-state index in [4.69, 9.17) is 0 Å². The number of aromatic nitrogens is 1. The molecule has 1 fully saturated rings. The van der Waals surface area contributed by atoms with Crippen LogP contribution in [-0.2, 0) is 6.54 Å². The molecule has 1 N–H and O–H groups in total. The summed E-state index contributed by atoms with van der Waals surface area (Å²) < 4.78 is 0. The minimum atomic E-state index is 0.694. The summed E-state index contributed by atoms with van der Waals surface area (Å²) in [6, 6.07) is 11.5. The van der Waals surface area contributed by atoms with Crippen molar-refractivity contribution in [2.75, 3.05) is 6.26 Å². The number of nitrogens with zero attached hydrogens (tertiary/aromatic N) is 1. The number of pyridine rings is 1. The number of benzene rings is 1. The molecule has 20 heavy (non-hydrogen) atoms. The number of aryl methyl sites for hydroxylation is 1. The van der Waals surface area contributed by atoms with Gasteiger partial charge in [-0.2, -0.15) is 11.8 Å². The van der Waals surface area contributed by atoms with Gasteiger partial charge < -0.3 is 5.32 Å². The second kappa shape index (κ2) is 6.15. The number of hydrogen-bond donors (Lipinski definition) is 1. The van der Waals surface area contributed by atoms with Gasteiger partial charge in [0, 0.05) is 28.9 Å². The van der Waals surface area contributed by atoms with Crippen LogP contribution < -0.4 is 5.32 Å². The molecule has 106 valence electrons. The van der Waals surface area contributed by atoms with Gasteiger partial charge in [-0.15, -0.1) is 0 Å². The molecule has 2 aromatic rings. The highest BCUT2D eigenvalue weighted by Gasteiger charge is 2.23. The van der Waals surface area contributed by atoms with Gasteiger partial charge >= 0.3 is 0 Å². The molecule has 2 unspecified atom stereocenters. The Balaban J connectivity index is 1.64. The number of rotatable bonds is 4. The van der Waals surface area contributed by atoms with E-state index < -0.39 is 0 Å². The molecule has 1 aromatic carbocycles. The van der Waals surface area contributed by atoms with E-state index in [9.17, 15) is 0 Å². The Labute approximate surface area is 125 Å². The van der Waals surface area contributed by atoms with Gasteiger partial charge in [0.1, 0.15) is 0 Å². The van der Waals surface area contributed by atoms with Gasteiger partial charge in [-0.3, -0.25) is 4.98 Å². The van der Waals surface area contributed by atoms with Crippen LogP contribution in [0.15, 0.2) is 30.3 Å². The molecule has 1 aliphatic carbocycles. The van der Waals surface area contributed by atoms with E-state index in [0.29, 0.717) is 6.04 Å². The lowest BCUT2D eigenvalue weighted by atomic mass is 10.1. The molecule has 1 saturated carbocycles. The molecular weight excluding hydrogens is 264 g/mol. The summed E-state index contributed by atoms with van der Waals surface area (Å²) in [5.41, 5.74) is 3.53. The number of fused-ring (bicyclic) bond motifs is 1. The zero-order chi connectivity index (χ0) is 13.9. The third-order valence-electron chi connectivity index (χ3n) is 4.21. The smallest absolute Gasteiger partial charge is 0.0705 e. The van der Waals surface area contributed by atoms with E-state index in [2.05, 4.69) is 46.9 Å². The molecular formula is C17H22N2S. The zero-order valence-electron chi connectivity index (χ0n) is 12.2. The quantitative estimate of drug-likeness (QED) is 0.922. The summed E-state index contributed by atoms with van der Waals surface area (Å²) in [6.45, 7) is 3.01. The maximum Gasteiger partial charge on any atom is 0.0705 e. The van der Waals surface area contributed by atoms with Gasteiger partial charge in [0.25, 0.3) is 0 Å². The van der Waals surface area contributed by atoms with Crippen molar-refractivity contribution in [2.45, 2.75) is 44.0 Å². The molecule has 2 atom stereocenters. The summed E-state index contributed by atoms with van der Waals surface area (Å²) in [4.78, 5) is 4.55. The molecule has 0 bridgehead atoms. The van der Waals surface area contributed by atoms with Crippen LogP contribution in [0.25, 0.3) is 10.9 Å². The van der Waals surface area contributed by atoms with Crippen LogP contribution in [0.2, 0.25) is 0 Å². The molecule has 1 heterocycles. The fourth-order valence-electron chi connectivity index (χ4n) is 2.99. The summed E-state index contributed by atoms with van der Waals surface area (Å²) in [6.07, 6.45) is 6.22. The Kier molecular flexibility index (Phi) is 4.27. The fourth-order valence-corrected chi connectivity index (χ4v) is 3.79. The number of thioether (sulfide) groups is 1. The first kappa shape index (κ1) is 13.9. The van der Waals surface area contributed by atoms with Gasteiger partial charge in [-0.25, -0.2) is 0 Å². The number of nitrogens with one attached hydrogen (secondary N) is 1. The molecule has 3 rings (SSSR count). The zero-order valence-corrected chi connectivity index (χ0v) is 13.0. The van der Waals surface area contributed by atoms with Crippen molar-refractivity contribution < 1.29 is 0 Å². The van der Waals surface area contributed by atoms with Crippen LogP contribution in [0, 0.1) is 6.92 Å². The van der Waals surface area contributed by atoms with Crippen molar-refractivity contribution in [1.29, 1.82) is 0 Å². The van der Waals surface area contributed by atoms with Gasteiger partial charge in [0.15, 0.2) is 0 Å². The van der Waals surface area contributed by atoms with E-state index in [0.717, 1.165) is 23.0 Å². The second-order valence-corrected chi connectivity index (χ2v) is 6.87. The minimum absolute atomic E-state index is 0.694. The van der Waals surface area contributed by atoms with Crippen LogP contribution >= 0.6 is 11.8 Å². The molecule has 0 spiro atoms. The average Bonchev–Trinajstić information content (AvgIpc) is 2.93. The monoisotopic (exact) mass is 286 g/mol. The van der Waals surface area contributed by atoms with Crippen molar-refractivity contribution in [1.82, 2.24) is 10.3 Å². The molecule has 3 heteroatoms. The Morgan fingerprint density at radius 2 is 2.15 bits per heavy atom.